The Bertz CT molecular complexity index is 340. The van der Waals surface area contributed by atoms with E-state index in [1.54, 1.807) is 11.8 Å². The van der Waals surface area contributed by atoms with E-state index in [2.05, 4.69) is 28.8 Å². The smallest absolute Gasteiger partial charge is 0.188 e. The van der Waals surface area contributed by atoms with Crippen LogP contribution in [-0.2, 0) is 0 Å². The van der Waals surface area contributed by atoms with Gasteiger partial charge in [0.1, 0.15) is 0 Å². The number of nitrogens with zero attached hydrogens (tertiary/aromatic N) is 2. The molecule has 0 radical (unpaired) electrons. The van der Waals surface area contributed by atoms with E-state index >= 15 is 0 Å². The number of aryl methyl sites for hydroxylation is 2. The van der Waals surface area contributed by atoms with Gasteiger partial charge in [0, 0.05) is 30.2 Å². The Kier molecular flexibility index (Phi) is 5.49. The second-order valence-corrected chi connectivity index (χ2v) is 4.71. The third kappa shape index (κ3) is 3.94. The van der Waals surface area contributed by atoms with E-state index in [1.165, 1.54) is 5.56 Å². The van der Waals surface area contributed by atoms with Crippen LogP contribution >= 0.6 is 11.8 Å². The van der Waals surface area contributed by atoms with Crippen LogP contribution in [0, 0.1) is 20.8 Å². The molecule has 1 heterocycles. The first kappa shape index (κ1) is 13.2. The Balaban J connectivity index is 2.45. The first-order valence-electron chi connectivity index (χ1n) is 5.41. The molecule has 88 valence electrons. The summed E-state index contributed by atoms with van der Waals surface area (Å²) in [6.07, 6.45) is 1.86. The van der Waals surface area contributed by atoms with Crippen molar-refractivity contribution < 1.29 is 0 Å². The van der Waals surface area contributed by atoms with Gasteiger partial charge in [-0.3, -0.25) is 0 Å². The Labute approximate surface area is 102 Å². The zero-order valence-corrected chi connectivity index (χ0v) is 11.0. The number of aromatic nitrogens is 2. The number of nitrogens with one attached hydrogen (secondary N) is 1. The SMILES string of the molecule is C=CCNCCSc1nc(C)c(C)c(C)n1. The normalized spacial score (nSPS) is 10.4. The van der Waals surface area contributed by atoms with Crippen molar-refractivity contribution in [3.05, 3.63) is 29.6 Å². The minimum atomic E-state index is 0.855. The van der Waals surface area contributed by atoms with Crippen molar-refractivity contribution >= 4 is 11.8 Å². The fourth-order valence-electron chi connectivity index (χ4n) is 1.22. The molecule has 0 aliphatic carbocycles. The standard InChI is InChI=1S/C12H19N3S/c1-5-6-13-7-8-16-12-14-10(3)9(2)11(4)15-12/h5,13H,1,6-8H2,2-4H3. The molecule has 0 saturated heterocycles. The van der Waals surface area contributed by atoms with Gasteiger partial charge in [-0.1, -0.05) is 17.8 Å². The highest BCUT2D eigenvalue weighted by Gasteiger charge is 2.04. The second kappa shape index (κ2) is 6.66. The molecule has 1 rings (SSSR count). The van der Waals surface area contributed by atoms with Gasteiger partial charge in [-0.25, -0.2) is 9.97 Å². The van der Waals surface area contributed by atoms with Gasteiger partial charge in [-0.15, -0.1) is 6.58 Å². The molecule has 0 saturated carbocycles. The van der Waals surface area contributed by atoms with Crippen LogP contribution in [0.1, 0.15) is 17.0 Å². The summed E-state index contributed by atoms with van der Waals surface area (Å²) >= 11 is 1.69. The average Bonchev–Trinajstić information content (AvgIpc) is 2.25. The molecular formula is C12H19N3S. The predicted molar refractivity (Wildman–Crippen MR) is 70.0 cm³/mol. The van der Waals surface area contributed by atoms with E-state index in [-0.39, 0.29) is 0 Å². The summed E-state index contributed by atoms with van der Waals surface area (Å²) in [6.45, 7) is 11.6. The van der Waals surface area contributed by atoms with E-state index in [0.717, 1.165) is 35.4 Å². The Morgan fingerprint density at radius 2 is 1.88 bits per heavy atom. The fraction of sp³-hybridized carbons (Fsp3) is 0.500. The van der Waals surface area contributed by atoms with E-state index in [0.29, 0.717) is 0 Å². The Hall–Kier alpha value is -0.870. The minimum absolute atomic E-state index is 0.855. The van der Waals surface area contributed by atoms with Gasteiger partial charge in [-0.05, 0) is 26.3 Å². The van der Waals surface area contributed by atoms with Crippen LogP contribution in [0.4, 0.5) is 0 Å². The fourth-order valence-corrected chi connectivity index (χ4v) is 2.06. The Morgan fingerprint density at radius 1 is 1.25 bits per heavy atom. The van der Waals surface area contributed by atoms with Crippen LogP contribution in [0.3, 0.4) is 0 Å². The average molecular weight is 237 g/mol. The highest BCUT2D eigenvalue weighted by molar-refractivity contribution is 7.99. The number of thioether (sulfide) groups is 1. The zero-order chi connectivity index (χ0) is 12.0. The van der Waals surface area contributed by atoms with Crippen molar-refractivity contribution in [1.82, 2.24) is 15.3 Å². The largest absolute Gasteiger partial charge is 0.312 e. The molecule has 1 aromatic heterocycles. The van der Waals surface area contributed by atoms with Crippen LogP contribution in [-0.4, -0.2) is 28.8 Å². The van der Waals surface area contributed by atoms with Crippen LogP contribution < -0.4 is 5.32 Å². The minimum Gasteiger partial charge on any atom is -0.312 e. The predicted octanol–water partition coefficient (Wildman–Crippen LogP) is 2.27. The molecule has 0 aliphatic rings. The maximum Gasteiger partial charge on any atom is 0.188 e. The lowest BCUT2D eigenvalue weighted by Gasteiger charge is -2.06. The summed E-state index contributed by atoms with van der Waals surface area (Å²) in [5.74, 6) is 0.982. The quantitative estimate of drug-likeness (QED) is 0.356. The van der Waals surface area contributed by atoms with Gasteiger partial charge in [0.2, 0.25) is 0 Å². The maximum atomic E-state index is 4.46. The van der Waals surface area contributed by atoms with Crippen molar-refractivity contribution in [3.63, 3.8) is 0 Å². The lowest BCUT2D eigenvalue weighted by Crippen LogP contribution is -2.16. The van der Waals surface area contributed by atoms with Crippen molar-refractivity contribution in [2.24, 2.45) is 0 Å². The molecule has 3 nitrogen and oxygen atoms in total. The summed E-state index contributed by atoms with van der Waals surface area (Å²) in [5.41, 5.74) is 3.34. The van der Waals surface area contributed by atoms with E-state index < -0.39 is 0 Å². The molecule has 0 spiro atoms. The Morgan fingerprint density at radius 3 is 2.44 bits per heavy atom. The lowest BCUT2D eigenvalue weighted by atomic mass is 10.2. The van der Waals surface area contributed by atoms with Crippen LogP contribution in [0.25, 0.3) is 0 Å². The van der Waals surface area contributed by atoms with Crippen LogP contribution in [0.2, 0.25) is 0 Å². The number of hydrogen-bond donors (Lipinski definition) is 1. The first-order chi connectivity index (χ1) is 7.65. The molecule has 1 N–H and O–H groups in total. The molecule has 0 atom stereocenters. The van der Waals surface area contributed by atoms with Gasteiger partial charge in [0.25, 0.3) is 0 Å². The van der Waals surface area contributed by atoms with Gasteiger partial charge in [-0.2, -0.15) is 0 Å². The highest BCUT2D eigenvalue weighted by atomic mass is 32.2. The number of rotatable bonds is 6. The van der Waals surface area contributed by atoms with Crippen LogP contribution in [0.15, 0.2) is 17.8 Å². The molecule has 0 fully saturated rings. The van der Waals surface area contributed by atoms with Gasteiger partial charge < -0.3 is 5.32 Å². The summed E-state index contributed by atoms with van der Waals surface area (Å²) in [4.78, 5) is 8.91. The molecule has 0 amide bonds. The molecular weight excluding hydrogens is 218 g/mol. The monoisotopic (exact) mass is 237 g/mol. The summed E-state index contributed by atoms with van der Waals surface area (Å²) in [6, 6.07) is 0. The summed E-state index contributed by atoms with van der Waals surface area (Å²) in [7, 11) is 0. The third-order valence-corrected chi connectivity index (χ3v) is 3.26. The zero-order valence-electron chi connectivity index (χ0n) is 10.2. The van der Waals surface area contributed by atoms with Crippen molar-refractivity contribution in [1.29, 1.82) is 0 Å². The maximum absolute atomic E-state index is 4.46. The topological polar surface area (TPSA) is 37.8 Å². The van der Waals surface area contributed by atoms with Gasteiger partial charge in [0.15, 0.2) is 5.16 Å². The second-order valence-electron chi connectivity index (χ2n) is 3.64. The van der Waals surface area contributed by atoms with Crippen LogP contribution in [0.5, 0.6) is 0 Å². The molecule has 0 bridgehead atoms. The molecule has 0 aliphatic heterocycles. The van der Waals surface area contributed by atoms with Crippen molar-refractivity contribution in [2.75, 3.05) is 18.8 Å². The molecule has 0 unspecified atom stereocenters. The van der Waals surface area contributed by atoms with E-state index in [1.807, 2.05) is 19.9 Å². The molecule has 0 aromatic carbocycles. The molecule has 4 heteroatoms. The lowest BCUT2D eigenvalue weighted by molar-refractivity contribution is 0.803. The van der Waals surface area contributed by atoms with Crippen molar-refractivity contribution in [3.8, 4) is 0 Å². The van der Waals surface area contributed by atoms with Gasteiger partial charge >= 0.3 is 0 Å². The van der Waals surface area contributed by atoms with E-state index in [9.17, 15) is 0 Å². The highest BCUT2D eigenvalue weighted by Crippen LogP contribution is 2.16. The molecule has 1 aromatic rings. The van der Waals surface area contributed by atoms with Gasteiger partial charge in [0.05, 0.1) is 0 Å². The first-order valence-corrected chi connectivity index (χ1v) is 6.40. The molecule has 16 heavy (non-hydrogen) atoms. The number of hydrogen-bond acceptors (Lipinski definition) is 4. The van der Waals surface area contributed by atoms with E-state index in [4.69, 9.17) is 0 Å². The summed E-state index contributed by atoms with van der Waals surface area (Å²) < 4.78 is 0. The third-order valence-electron chi connectivity index (χ3n) is 2.41. The van der Waals surface area contributed by atoms with Crippen molar-refractivity contribution in [2.45, 2.75) is 25.9 Å². The summed E-state index contributed by atoms with van der Waals surface area (Å²) in [5, 5.41) is 4.13.